The van der Waals surface area contributed by atoms with Gasteiger partial charge in [0.15, 0.2) is 26.5 Å². The molecule has 0 atom stereocenters. The van der Waals surface area contributed by atoms with E-state index in [4.69, 9.17) is 4.74 Å². The molecule has 1 saturated heterocycles. The Kier molecular flexibility index (Phi) is 4.96. The van der Waals surface area contributed by atoms with Crippen LogP contribution in [0.25, 0.3) is 10.2 Å². The van der Waals surface area contributed by atoms with Crippen LogP contribution in [0.4, 0.5) is 10.9 Å². The summed E-state index contributed by atoms with van der Waals surface area (Å²) in [7, 11) is -3.30. The van der Waals surface area contributed by atoms with Gasteiger partial charge in [-0.25, -0.2) is 13.4 Å². The second-order valence-corrected chi connectivity index (χ2v) is 9.30. The van der Waals surface area contributed by atoms with Gasteiger partial charge in [-0.3, -0.25) is 10.1 Å². The predicted molar refractivity (Wildman–Crippen MR) is 106 cm³/mol. The molecule has 9 nitrogen and oxygen atoms in total. The van der Waals surface area contributed by atoms with E-state index in [9.17, 15) is 13.2 Å². The number of rotatable bonds is 4. The normalized spacial score (nSPS) is 15.0. The van der Waals surface area contributed by atoms with Crippen molar-refractivity contribution in [2.75, 3.05) is 42.8 Å². The maximum Gasteiger partial charge on any atom is 0.277 e. The number of carbonyl (C=O) groups is 1. The van der Waals surface area contributed by atoms with Gasteiger partial charge >= 0.3 is 0 Å². The minimum atomic E-state index is -3.30. The highest BCUT2D eigenvalue weighted by atomic mass is 32.2. The number of aromatic nitrogens is 3. The summed E-state index contributed by atoms with van der Waals surface area (Å²) in [6.07, 6.45) is 1.15. The van der Waals surface area contributed by atoms with Gasteiger partial charge in [0.2, 0.25) is 0 Å². The van der Waals surface area contributed by atoms with E-state index in [-0.39, 0.29) is 10.6 Å². The van der Waals surface area contributed by atoms with Gasteiger partial charge in [0, 0.05) is 19.3 Å². The first-order chi connectivity index (χ1) is 13.4. The van der Waals surface area contributed by atoms with E-state index in [1.54, 1.807) is 24.3 Å². The van der Waals surface area contributed by atoms with E-state index in [1.807, 2.05) is 4.90 Å². The molecular formula is C17H17N5O4S2. The lowest BCUT2D eigenvalue weighted by Gasteiger charge is -2.27. The van der Waals surface area contributed by atoms with Crippen LogP contribution in [0.1, 0.15) is 10.5 Å². The molecule has 11 heteroatoms. The molecule has 0 spiro atoms. The minimum Gasteiger partial charge on any atom is -0.378 e. The summed E-state index contributed by atoms with van der Waals surface area (Å²) in [5.41, 5.74) is 0.787. The summed E-state index contributed by atoms with van der Waals surface area (Å²) in [5, 5.41) is 11.2. The van der Waals surface area contributed by atoms with Crippen molar-refractivity contribution >= 4 is 48.2 Å². The van der Waals surface area contributed by atoms with Crippen molar-refractivity contribution < 1.29 is 17.9 Å². The fourth-order valence-electron chi connectivity index (χ4n) is 2.76. The third-order valence-corrected chi connectivity index (χ3v) is 6.27. The van der Waals surface area contributed by atoms with Crippen molar-refractivity contribution in [3.8, 4) is 0 Å². The second-order valence-electron chi connectivity index (χ2n) is 6.25. The molecule has 1 amide bonds. The van der Waals surface area contributed by atoms with Crippen molar-refractivity contribution in [3.63, 3.8) is 0 Å². The first kappa shape index (κ1) is 18.7. The van der Waals surface area contributed by atoms with Crippen LogP contribution in [0.15, 0.2) is 35.2 Å². The molecule has 1 fully saturated rings. The minimum absolute atomic E-state index is 0.174. The Hall–Kier alpha value is -2.63. The number of benzene rings is 1. The van der Waals surface area contributed by atoms with Crippen molar-refractivity contribution in [1.29, 1.82) is 0 Å². The van der Waals surface area contributed by atoms with E-state index in [0.717, 1.165) is 19.3 Å². The lowest BCUT2D eigenvalue weighted by molar-refractivity contribution is 0.102. The number of nitrogens with zero attached hydrogens (tertiary/aromatic N) is 4. The number of hydrogen-bond acceptors (Lipinski definition) is 9. The SMILES string of the molecule is CS(=O)(=O)c1ccc2nc(NC(=O)c3ccc(N4CCOCC4)nn3)sc2c1. The fourth-order valence-corrected chi connectivity index (χ4v) is 4.38. The molecule has 3 heterocycles. The van der Waals surface area contributed by atoms with E-state index >= 15 is 0 Å². The molecule has 3 aromatic rings. The zero-order chi connectivity index (χ0) is 19.7. The van der Waals surface area contributed by atoms with Crippen molar-refractivity contribution in [2.45, 2.75) is 4.90 Å². The fraction of sp³-hybridized carbons (Fsp3) is 0.294. The van der Waals surface area contributed by atoms with E-state index in [1.165, 1.54) is 17.4 Å². The van der Waals surface area contributed by atoms with Gasteiger partial charge in [0.1, 0.15) is 0 Å². The maximum absolute atomic E-state index is 12.4. The quantitative estimate of drug-likeness (QED) is 0.678. The Balaban J connectivity index is 1.50. The monoisotopic (exact) mass is 419 g/mol. The molecular weight excluding hydrogens is 402 g/mol. The smallest absolute Gasteiger partial charge is 0.277 e. The van der Waals surface area contributed by atoms with Crippen LogP contribution in [-0.2, 0) is 14.6 Å². The number of ether oxygens (including phenoxy) is 1. The van der Waals surface area contributed by atoms with Crippen LogP contribution < -0.4 is 10.2 Å². The standard InChI is InChI=1S/C17H17N5O4S2/c1-28(24,25)11-2-3-12-14(10-11)27-17(18-12)19-16(23)13-4-5-15(21-20-13)22-6-8-26-9-7-22/h2-5,10H,6-9H2,1H3,(H,18,19,23). The topological polar surface area (TPSA) is 114 Å². The molecule has 146 valence electrons. The number of anilines is 2. The van der Waals surface area contributed by atoms with E-state index in [2.05, 4.69) is 20.5 Å². The second kappa shape index (κ2) is 7.41. The molecule has 0 unspecified atom stereocenters. The van der Waals surface area contributed by atoms with Gasteiger partial charge in [-0.05, 0) is 30.3 Å². The van der Waals surface area contributed by atoms with Gasteiger partial charge in [0.25, 0.3) is 5.91 Å². The molecule has 1 N–H and O–H groups in total. The molecule has 0 radical (unpaired) electrons. The number of sulfone groups is 1. The number of amides is 1. The summed E-state index contributed by atoms with van der Waals surface area (Å²) in [5.74, 6) is 0.275. The average molecular weight is 419 g/mol. The van der Waals surface area contributed by atoms with Gasteiger partial charge in [-0.2, -0.15) is 0 Å². The van der Waals surface area contributed by atoms with Crippen LogP contribution in [-0.4, -0.2) is 62.1 Å². The van der Waals surface area contributed by atoms with Crippen molar-refractivity contribution in [3.05, 3.63) is 36.0 Å². The number of morpholine rings is 1. The highest BCUT2D eigenvalue weighted by molar-refractivity contribution is 7.90. The van der Waals surface area contributed by atoms with Crippen LogP contribution in [0, 0.1) is 0 Å². The Morgan fingerprint density at radius 1 is 1.18 bits per heavy atom. The van der Waals surface area contributed by atoms with Gasteiger partial charge in [-0.1, -0.05) is 11.3 Å². The van der Waals surface area contributed by atoms with Crippen molar-refractivity contribution in [2.24, 2.45) is 0 Å². The summed E-state index contributed by atoms with van der Waals surface area (Å²) in [6.45, 7) is 2.76. The highest BCUT2D eigenvalue weighted by Gasteiger charge is 2.16. The third-order valence-electron chi connectivity index (χ3n) is 4.23. The lowest BCUT2D eigenvalue weighted by Crippen LogP contribution is -2.37. The van der Waals surface area contributed by atoms with Gasteiger partial charge < -0.3 is 9.64 Å². The molecule has 1 aliphatic heterocycles. The molecule has 1 aromatic carbocycles. The van der Waals surface area contributed by atoms with Gasteiger partial charge in [0.05, 0.1) is 28.3 Å². The summed E-state index contributed by atoms with van der Waals surface area (Å²) < 4.78 is 29.3. The zero-order valence-corrected chi connectivity index (χ0v) is 16.6. The van der Waals surface area contributed by atoms with E-state index in [0.29, 0.717) is 34.4 Å². The molecule has 1 aliphatic rings. The number of nitrogens with one attached hydrogen (secondary N) is 1. The number of thiazole rings is 1. The maximum atomic E-state index is 12.4. The average Bonchev–Trinajstić information content (AvgIpc) is 3.09. The Bertz CT molecular complexity index is 1120. The van der Waals surface area contributed by atoms with Crippen LogP contribution in [0.3, 0.4) is 0 Å². The Morgan fingerprint density at radius 3 is 2.64 bits per heavy atom. The Labute approximate surface area is 165 Å². The largest absolute Gasteiger partial charge is 0.378 e. The molecule has 0 bridgehead atoms. The van der Waals surface area contributed by atoms with E-state index < -0.39 is 15.7 Å². The molecule has 4 rings (SSSR count). The molecule has 0 saturated carbocycles. The van der Waals surface area contributed by atoms with Crippen LogP contribution in [0.2, 0.25) is 0 Å². The van der Waals surface area contributed by atoms with Gasteiger partial charge in [-0.15, -0.1) is 10.2 Å². The Morgan fingerprint density at radius 2 is 1.96 bits per heavy atom. The number of fused-ring (bicyclic) bond motifs is 1. The molecule has 28 heavy (non-hydrogen) atoms. The van der Waals surface area contributed by atoms with Crippen molar-refractivity contribution in [1.82, 2.24) is 15.2 Å². The molecule has 0 aliphatic carbocycles. The highest BCUT2D eigenvalue weighted by Crippen LogP contribution is 2.28. The summed E-state index contributed by atoms with van der Waals surface area (Å²) >= 11 is 1.20. The first-order valence-corrected chi connectivity index (χ1v) is 11.2. The zero-order valence-electron chi connectivity index (χ0n) is 15.0. The number of hydrogen-bond donors (Lipinski definition) is 1. The van der Waals surface area contributed by atoms with Crippen LogP contribution >= 0.6 is 11.3 Å². The molecule has 2 aromatic heterocycles. The first-order valence-electron chi connectivity index (χ1n) is 8.48. The predicted octanol–water partition coefficient (Wildman–Crippen LogP) is 1.58. The lowest BCUT2D eigenvalue weighted by atomic mass is 10.3. The number of carbonyl (C=O) groups excluding carboxylic acids is 1. The summed E-state index contributed by atoms with van der Waals surface area (Å²) in [4.78, 5) is 19.0. The third kappa shape index (κ3) is 3.96. The van der Waals surface area contributed by atoms with Crippen LogP contribution in [0.5, 0.6) is 0 Å². The summed E-state index contributed by atoms with van der Waals surface area (Å²) in [6, 6.07) is 8.04.